The van der Waals surface area contributed by atoms with E-state index < -0.39 is 41.6 Å². The van der Waals surface area contributed by atoms with Gasteiger partial charge in [-0.2, -0.15) is 0 Å². The molecule has 1 aliphatic carbocycles. The van der Waals surface area contributed by atoms with Crippen LogP contribution in [0.3, 0.4) is 0 Å². The molecule has 0 spiro atoms. The summed E-state index contributed by atoms with van der Waals surface area (Å²) < 4.78 is 51.5. The van der Waals surface area contributed by atoms with Crippen LogP contribution in [-0.2, 0) is 43.4 Å². The van der Waals surface area contributed by atoms with Crippen molar-refractivity contribution in [2.75, 3.05) is 52.9 Å². The van der Waals surface area contributed by atoms with Crippen molar-refractivity contribution in [3.8, 4) is 34.1 Å². The first-order chi connectivity index (χ1) is 29.4. The Hall–Kier alpha value is -7.30. The molecular weight excluding hydrogens is 796 g/mol. The number of hydrogen-bond donors (Lipinski definition) is 0. The molecule has 0 saturated heterocycles. The molecule has 0 unspecified atom stereocenters. The van der Waals surface area contributed by atoms with Crippen molar-refractivity contribution in [1.82, 2.24) is 0 Å². The predicted molar refractivity (Wildman–Crippen MR) is 215 cm³/mol. The second-order valence-electron chi connectivity index (χ2n) is 13.2. The third-order valence-electron chi connectivity index (χ3n) is 8.79. The number of carbonyl (C=O) groups is 6. The van der Waals surface area contributed by atoms with E-state index in [0.29, 0.717) is 11.5 Å². The van der Waals surface area contributed by atoms with Crippen molar-refractivity contribution < 1.29 is 76.1 Å². The van der Waals surface area contributed by atoms with Gasteiger partial charge in [-0.25, -0.2) is 28.8 Å². The minimum absolute atomic E-state index is 0.0357. The Kier molecular flexibility index (Phi) is 15.9. The van der Waals surface area contributed by atoms with Crippen molar-refractivity contribution in [3.63, 3.8) is 0 Å². The Morgan fingerprint density at radius 3 is 1.16 bits per heavy atom. The van der Waals surface area contributed by atoms with Crippen LogP contribution in [0.15, 0.2) is 110 Å². The van der Waals surface area contributed by atoms with E-state index in [1.807, 2.05) is 26.0 Å². The smallest absolute Gasteiger partial charge is 0.460 e. The van der Waals surface area contributed by atoms with Gasteiger partial charge >= 0.3 is 36.2 Å². The lowest BCUT2D eigenvalue weighted by Crippen LogP contribution is -2.17. The molecular formula is C45H42O16. The lowest BCUT2D eigenvalue weighted by molar-refractivity contribution is -0.140. The van der Waals surface area contributed by atoms with Gasteiger partial charge in [-0.3, -0.25) is 0 Å². The van der Waals surface area contributed by atoms with Crippen molar-refractivity contribution in [2.24, 2.45) is 0 Å². The van der Waals surface area contributed by atoms with Crippen LogP contribution in [0.5, 0.6) is 23.0 Å². The predicted octanol–water partition coefficient (Wildman–Crippen LogP) is 6.95. The SMILES string of the molecule is C=CC(=O)OCCOCCOC(=O)Oc1ccc(C(=O)Oc2ccc3c(c2)C(C)(C)c2cc(OC(=O)c4ccc(OC(=O)OCCOCCOC(=O)C=C)cc4)ccc2-3)cc1. The van der Waals surface area contributed by atoms with Crippen molar-refractivity contribution in [3.05, 3.63) is 132 Å². The zero-order chi connectivity index (χ0) is 43.8. The average molecular weight is 839 g/mol. The van der Waals surface area contributed by atoms with Crippen LogP contribution in [0.4, 0.5) is 9.59 Å². The molecule has 0 atom stereocenters. The number of hydrogen-bond acceptors (Lipinski definition) is 16. The molecule has 0 saturated carbocycles. The van der Waals surface area contributed by atoms with Gasteiger partial charge in [-0.15, -0.1) is 0 Å². The first kappa shape index (κ1) is 44.8. The van der Waals surface area contributed by atoms with E-state index in [0.717, 1.165) is 34.4 Å². The summed E-state index contributed by atoms with van der Waals surface area (Å²) in [7, 11) is 0. The zero-order valence-corrected chi connectivity index (χ0v) is 33.3. The summed E-state index contributed by atoms with van der Waals surface area (Å²) in [5.41, 5.74) is 3.52. The molecule has 0 fully saturated rings. The number of fused-ring (bicyclic) bond motifs is 3. The van der Waals surface area contributed by atoms with Crippen LogP contribution in [0.25, 0.3) is 11.1 Å². The van der Waals surface area contributed by atoms with Crippen LogP contribution in [0, 0.1) is 0 Å². The van der Waals surface area contributed by atoms with E-state index in [4.69, 9.17) is 47.4 Å². The standard InChI is InChI=1S/C45H42O16/c1-5-39(46)54-23-19-52-21-25-56-43(50)60-31-11-7-29(8-12-31)41(48)58-33-15-17-35-36-18-16-34(28-38(36)45(3,4)37(35)27-33)59-42(49)30-9-13-32(14-10-30)61-44(51)57-26-22-53-20-24-55-40(47)6-2/h5-18,27-28H,1-2,19-26H2,3-4H3. The second-order valence-corrected chi connectivity index (χ2v) is 13.2. The summed E-state index contributed by atoms with van der Waals surface area (Å²) >= 11 is 0. The van der Waals surface area contributed by atoms with Gasteiger partial charge in [0, 0.05) is 17.6 Å². The van der Waals surface area contributed by atoms with E-state index in [1.54, 1.807) is 24.3 Å². The number of esters is 4. The highest BCUT2D eigenvalue weighted by Crippen LogP contribution is 2.50. The average Bonchev–Trinajstić information content (AvgIpc) is 3.47. The molecule has 16 heteroatoms. The van der Waals surface area contributed by atoms with Crippen LogP contribution < -0.4 is 18.9 Å². The molecule has 4 aromatic carbocycles. The van der Waals surface area contributed by atoms with Gasteiger partial charge in [0.15, 0.2) is 0 Å². The number of carbonyl (C=O) groups excluding carboxylic acids is 6. The molecule has 4 aromatic rings. The number of rotatable bonds is 20. The molecule has 0 N–H and O–H groups in total. The van der Waals surface area contributed by atoms with E-state index in [2.05, 4.69) is 13.2 Å². The Labute approximate surface area is 350 Å². The Balaban J connectivity index is 1.08. The van der Waals surface area contributed by atoms with Crippen molar-refractivity contribution in [2.45, 2.75) is 19.3 Å². The maximum atomic E-state index is 13.1. The third-order valence-corrected chi connectivity index (χ3v) is 8.79. The van der Waals surface area contributed by atoms with Gasteiger partial charge in [0.1, 0.15) is 49.4 Å². The van der Waals surface area contributed by atoms with Gasteiger partial charge in [-0.1, -0.05) is 39.1 Å². The molecule has 0 aromatic heterocycles. The second kappa shape index (κ2) is 21.6. The molecule has 61 heavy (non-hydrogen) atoms. The number of benzene rings is 4. The maximum Gasteiger partial charge on any atom is 0.513 e. The zero-order valence-electron chi connectivity index (χ0n) is 33.3. The molecule has 0 radical (unpaired) electrons. The fraction of sp³-hybridized carbons (Fsp3) is 0.244. The first-order valence-electron chi connectivity index (χ1n) is 18.7. The van der Waals surface area contributed by atoms with Crippen LogP contribution in [0.1, 0.15) is 45.7 Å². The summed E-state index contributed by atoms with van der Waals surface area (Å²) in [6.45, 7) is 10.9. The highest BCUT2D eigenvalue weighted by Gasteiger charge is 2.36. The molecule has 0 amide bonds. The molecule has 16 nitrogen and oxygen atoms in total. The highest BCUT2D eigenvalue weighted by molar-refractivity contribution is 5.93. The lowest BCUT2D eigenvalue weighted by Gasteiger charge is -2.22. The lowest BCUT2D eigenvalue weighted by atomic mass is 9.82. The Bertz CT molecular complexity index is 2080. The molecule has 0 bridgehead atoms. The van der Waals surface area contributed by atoms with E-state index in [-0.39, 0.29) is 75.5 Å². The Morgan fingerprint density at radius 2 is 0.803 bits per heavy atom. The molecule has 1 aliphatic rings. The molecule has 0 aliphatic heterocycles. The van der Waals surface area contributed by atoms with Crippen LogP contribution in [0.2, 0.25) is 0 Å². The van der Waals surface area contributed by atoms with E-state index in [9.17, 15) is 28.8 Å². The van der Waals surface area contributed by atoms with Gasteiger partial charge in [0.25, 0.3) is 0 Å². The Morgan fingerprint density at radius 1 is 0.459 bits per heavy atom. The minimum atomic E-state index is -0.965. The highest BCUT2D eigenvalue weighted by atomic mass is 16.7. The summed E-state index contributed by atoms with van der Waals surface area (Å²) in [6, 6.07) is 22.2. The van der Waals surface area contributed by atoms with Crippen molar-refractivity contribution in [1.29, 1.82) is 0 Å². The molecule has 5 rings (SSSR count). The molecule has 0 heterocycles. The summed E-state index contributed by atoms with van der Waals surface area (Å²) in [4.78, 5) is 72.1. The maximum absolute atomic E-state index is 13.1. The van der Waals surface area contributed by atoms with Crippen molar-refractivity contribution >= 4 is 36.2 Å². The molecule has 318 valence electrons. The minimum Gasteiger partial charge on any atom is -0.460 e. The number of ether oxygens (including phenoxy) is 10. The van der Waals surface area contributed by atoms with Gasteiger partial charge < -0.3 is 47.4 Å². The first-order valence-corrected chi connectivity index (χ1v) is 18.7. The van der Waals surface area contributed by atoms with Crippen LogP contribution >= 0.6 is 0 Å². The van der Waals surface area contributed by atoms with Crippen LogP contribution in [-0.4, -0.2) is 89.0 Å². The van der Waals surface area contributed by atoms with Gasteiger partial charge in [-0.05, 0) is 95.1 Å². The van der Waals surface area contributed by atoms with E-state index in [1.165, 1.54) is 48.5 Å². The van der Waals surface area contributed by atoms with Gasteiger partial charge in [0.05, 0.1) is 37.6 Å². The largest absolute Gasteiger partial charge is 0.513 e. The summed E-state index contributed by atoms with van der Waals surface area (Å²) in [5, 5.41) is 0. The summed E-state index contributed by atoms with van der Waals surface area (Å²) in [6.07, 6.45) is 0.148. The fourth-order valence-electron chi connectivity index (χ4n) is 5.82. The topological polar surface area (TPSA) is 195 Å². The summed E-state index contributed by atoms with van der Waals surface area (Å²) in [5.74, 6) is -1.46. The van der Waals surface area contributed by atoms with Gasteiger partial charge in [0.2, 0.25) is 0 Å². The van der Waals surface area contributed by atoms with E-state index >= 15 is 0 Å². The third kappa shape index (κ3) is 12.8. The normalized spacial score (nSPS) is 11.8. The fourth-order valence-corrected chi connectivity index (χ4v) is 5.82. The quantitative estimate of drug-likeness (QED) is 0.0221. The monoisotopic (exact) mass is 838 g/mol.